The zero-order valence-electron chi connectivity index (χ0n) is 5.80. The Morgan fingerprint density at radius 2 is 2.44 bits per heavy atom. The van der Waals surface area contributed by atoms with Crippen LogP contribution in [-0.2, 0) is 0 Å². The van der Waals surface area contributed by atoms with Gasteiger partial charge in [0, 0.05) is 0 Å². The lowest BCUT2D eigenvalue weighted by Gasteiger charge is -2.00. The van der Waals surface area contributed by atoms with Crippen molar-refractivity contribution in [1.82, 2.24) is 0 Å². The second kappa shape index (κ2) is 1.73. The molecule has 9 heavy (non-hydrogen) atoms. The van der Waals surface area contributed by atoms with Gasteiger partial charge in [-0.1, -0.05) is 30.7 Å². The highest BCUT2D eigenvalue weighted by molar-refractivity contribution is 5.30. The maximum Gasteiger partial charge on any atom is -0.0159 e. The first-order valence-electron chi connectivity index (χ1n) is 3.79. The van der Waals surface area contributed by atoms with Crippen LogP contribution in [0.4, 0.5) is 0 Å². The van der Waals surface area contributed by atoms with Gasteiger partial charge in [0.05, 0.1) is 0 Å². The van der Waals surface area contributed by atoms with Crippen molar-refractivity contribution < 1.29 is 0 Å². The molecule has 0 spiro atoms. The Hall–Kier alpha value is -0.520. The molecule has 48 valence electrons. The quantitative estimate of drug-likeness (QED) is 0.499. The summed E-state index contributed by atoms with van der Waals surface area (Å²) in [4.78, 5) is 0. The van der Waals surface area contributed by atoms with E-state index < -0.39 is 0 Å². The lowest BCUT2D eigenvalue weighted by atomic mass is 10.1. The van der Waals surface area contributed by atoms with Crippen LogP contribution in [0, 0.1) is 11.8 Å². The van der Waals surface area contributed by atoms with Crippen molar-refractivity contribution in [3.63, 3.8) is 0 Å². The molecular weight excluding hydrogens is 108 g/mol. The van der Waals surface area contributed by atoms with Crippen molar-refractivity contribution in [2.75, 3.05) is 0 Å². The van der Waals surface area contributed by atoms with Crippen molar-refractivity contribution in [3.05, 3.63) is 23.8 Å². The molecule has 1 saturated carbocycles. The van der Waals surface area contributed by atoms with Crippen LogP contribution in [0.1, 0.15) is 19.8 Å². The Balaban J connectivity index is 2.16. The van der Waals surface area contributed by atoms with E-state index >= 15 is 0 Å². The Morgan fingerprint density at radius 1 is 1.56 bits per heavy atom. The number of hydrogen-bond donors (Lipinski definition) is 0. The molecule has 2 aliphatic carbocycles. The van der Waals surface area contributed by atoms with Crippen LogP contribution in [0.2, 0.25) is 0 Å². The van der Waals surface area contributed by atoms with Crippen LogP contribution in [0.15, 0.2) is 23.8 Å². The predicted octanol–water partition coefficient (Wildman–Crippen LogP) is 2.53. The highest BCUT2D eigenvalue weighted by atomic mass is 14.4. The van der Waals surface area contributed by atoms with Crippen molar-refractivity contribution in [1.29, 1.82) is 0 Å². The average Bonchev–Trinajstić information content (AvgIpc) is 2.64. The summed E-state index contributed by atoms with van der Waals surface area (Å²) < 4.78 is 0. The van der Waals surface area contributed by atoms with Crippen LogP contribution in [-0.4, -0.2) is 0 Å². The molecule has 0 aliphatic heterocycles. The minimum absolute atomic E-state index is 0.931. The van der Waals surface area contributed by atoms with E-state index in [4.69, 9.17) is 0 Å². The van der Waals surface area contributed by atoms with Crippen LogP contribution < -0.4 is 0 Å². The smallest absolute Gasteiger partial charge is 0.0159 e. The van der Waals surface area contributed by atoms with Crippen molar-refractivity contribution in [3.8, 4) is 0 Å². The van der Waals surface area contributed by atoms with E-state index in [1.54, 1.807) is 0 Å². The molecule has 0 N–H and O–H groups in total. The summed E-state index contributed by atoms with van der Waals surface area (Å²) in [6.07, 6.45) is 9.71. The van der Waals surface area contributed by atoms with Gasteiger partial charge in [0.2, 0.25) is 0 Å². The molecule has 2 aliphatic rings. The van der Waals surface area contributed by atoms with Gasteiger partial charge in [-0.3, -0.25) is 0 Å². The zero-order chi connectivity index (χ0) is 6.27. The Bertz CT molecular complexity index is 174. The number of fused-ring (bicyclic) bond motifs is 1. The molecule has 0 aromatic rings. The van der Waals surface area contributed by atoms with Gasteiger partial charge in [-0.2, -0.15) is 0 Å². The van der Waals surface area contributed by atoms with Gasteiger partial charge < -0.3 is 0 Å². The Morgan fingerprint density at radius 3 is 3.11 bits per heavy atom. The molecule has 0 radical (unpaired) electrons. The predicted molar refractivity (Wildman–Crippen MR) is 39.1 cm³/mol. The molecular formula is C9H12. The fourth-order valence-corrected chi connectivity index (χ4v) is 1.46. The summed E-state index contributed by atoms with van der Waals surface area (Å²) in [5.74, 6) is 1.87. The van der Waals surface area contributed by atoms with E-state index in [-0.39, 0.29) is 0 Å². The first kappa shape index (κ1) is 5.28. The van der Waals surface area contributed by atoms with Crippen LogP contribution >= 0.6 is 0 Å². The van der Waals surface area contributed by atoms with Gasteiger partial charge in [-0.05, 0) is 24.7 Å². The largest absolute Gasteiger partial charge is 0.0805 e. The van der Waals surface area contributed by atoms with Gasteiger partial charge in [0.25, 0.3) is 0 Å². The molecule has 0 heteroatoms. The van der Waals surface area contributed by atoms with Crippen LogP contribution in [0.25, 0.3) is 0 Å². The molecule has 2 unspecified atom stereocenters. The number of rotatable bonds is 1. The molecule has 0 saturated heterocycles. The molecule has 0 aromatic carbocycles. The summed E-state index contributed by atoms with van der Waals surface area (Å²) >= 11 is 0. The monoisotopic (exact) mass is 120 g/mol. The van der Waals surface area contributed by atoms with Gasteiger partial charge >= 0.3 is 0 Å². The fraction of sp³-hybridized carbons (Fsp3) is 0.556. The van der Waals surface area contributed by atoms with Crippen molar-refractivity contribution in [2.45, 2.75) is 19.8 Å². The van der Waals surface area contributed by atoms with E-state index in [1.807, 2.05) is 0 Å². The highest BCUT2D eigenvalue weighted by Gasteiger charge is 2.34. The summed E-state index contributed by atoms with van der Waals surface area (Å²) in [5, 5.41) is 0. The maximum atomic E-state index is 2.44. The second-order valence-corrected chi connectivity index (χ2v) is 3.02. The van der Waals surface area contributed by atoms with Crippen LogP contribution in [0.5, 0.6) is 0 Å². The molecule has 1 fully saturated rings. The third kappa shape index (κ3) is 0.827. The van der Waals surface area contributed by atoms with E-state index in [0.29, 0.717) is 0 Å². The second-order valence-electron chi connectivity index (χ2n) is 3.02. The van der Waals surface area contributed by atoms with Crippen molar-refractivity contribution in [2.24, 2.45) is 11.8 Å². The van der Waals surface area contributed by atoms with Crippen molar-refractivity contribution >= 4 is 0 Å². The van der Waals surface area contributed by atoms with Gasteiger partial charge in [0.1, 0.15) is 0 Å². The lowest BCUT2D eigenvalue weighted by Crippen LogP contribution is -1.84. The van der Waals surface area contributed by atoms with E-state index in [2.05, 4.69) is 25.2 Å². The zero-order valence-corrected chi connectivity index (χ0v) is 5.80. The fourth-order valence-electron chi connectivity index (χ4n) is 1.46. The topological polar surface area (TPSA) is 0 Å². The molecule has 0 heterocycles. The number of hydrogen-bond acceptors (Lipinski definition) is 0. The van der Waals surface area contributed by atoms with Gasteiger partial charge in [-0.15, -0.1) is 0 Å². The molecule has 0 bridgehead atoms. The maximum absolute atomic E-state index is 2.44. The van der Waals surface area contributed by atoms with Gasteiger partial charge in [0.15, 0.2) is 0 Å². The standard InChI is InChI=1S/C9H12/c1-2-7-3-4-8-6-9(8)5-7/h3-5,8-9H,2,6H2,1H3. The average molecular weight is 120 g/mol. The van der Waals surface area contributed by atoms with Gasteiger partial charge in [-0.25, -0.2) is 0 Å². The van der Waals surface area contributed by atoms with E-state index in [1.165, 1.54) is 18.4 Å². The Labute approximate surface area is 56.3 Å². The van der Waals surface area contributed by atoms with Crippen LogP contribution in [0.3, 0.4) is 0 Å². The summed E-state index contributed by atoms with van der Waals surface area (Å²) in [6.45, 7) is 2.22. The molecule has 0 nitrogen and oxygen atoms in total. The van der Waals surface area contributed by atoms with E-state index in [0.717, 1.165) is 11.8 Å². The SMILES string of the molecule is CCC1=CC2CC2C=C1. The third-order valence-corrected chi connectivity index (χ3v) is 2.29. The molecule has 0 amide bonds. The molecule has 2 atom stereocenters. The summed E-state index contributed by atoms with van der Waals surface area (Å²) in [7, 11) is 0. The minimum atomic E-state index is 0.931. The molecule has 0 aromatic heterocycles. The Kier molecular flexibility index (Phi) is 1.01. The normalized spacial score (nSPS) is 37.7. The summed E-state index contributed by atoms with van der Waals surface area (Å²) in [6, 6.07) is 0. The minimum Gasteiger partial charge on any atom is -0.0805 e. The molecule has 2 rings (SSSR count). The third-order valence-electron chi connectivity index (χ3n) is 2.29. The van der Waals surface area contributed by atoms with E-state index in [9.17, 15) is 0 Å². The summed E-state index contributed by atoms with van der Waals surface area (Å²) in [5.41, 5.74) is 1.54. The first-order chi connectivity index (χ1) is 4.40. The highest BCUT2D eigenvalue weighted by Crippen LogP contribution is 2.44. The number of allylic oxidation sites excluding steroid dienone is 4. The first-order valence-corrected chi connectivity index (χ1v) is 3.79. The lowest BCUT2D eigenvalue weighted by molar-refractivity contribution is 0.941.